The van der Waals surface area contributed by atoms with Crippen molar-refractivity contribution in [1.29, 1.82) is 0 Å². The van der Waals surface area contributed by atoms with Gasteiger partial charge in [-0.2, -0.15) is 0 Å². The predicted molar refractivity (Wildman–Crippen MR) is 64.8 cm³/mol. The van der Waals surface area contributed by atoms with Gasteiger partial charge in [0.1, 0.15) is 0 Å². The molecule has 0 heterocycles. The van der Waals surface area contributed by atoms with Gasteiger partial charge in [-0.25, -0.2) is 0 Å². The van der Waals surface area contributed by atoms with Gasteiger partial charge in [0, 0.05) is 12.1 Å². The Hall–Kier alpha value is -0.0800. The van der Waals surface area contributed by atoms with Gasteiger partial charge in [0.15, 0.2) is 0 Å². The number of likely N-dealkylation sites (N-methyl/N-ethyl adjacent to an activating group) is 2. The molecule has 0 aromatic rings. The molecule has 2 heteroatoms. The average molecular weight is 200 g/mol. The molecular formula is C12H28N2. The highest BCUT2D eigenvalue weighted by Crippen LogP contribution is 2.10. The van der Waals surface area contributed by atoms with Crippen LogP contribution < -0.4 is 0 Å². The van der Waals surface area contributed by atoms with Crippen LogP contribution in [0.3, 0.4) is 0 Å². The quantitative estimate of drug-likeness (QED) is 0.623. The standard InChI is InChI=1S/C12H28N2/c1-7-13(8-2)11(5)12(6)14(9-3)10-4/h11-12H,7-10H2,1-6H3. The monoisotopic (exact) mass is 200 g/mol. The number of rotatable bonds is 7. The Kier molecular flexibility index (Phi) is 7.20. The summed E-state index contributed by atoms with van der Waals surface area (Å²) in [5.74, 6) is 0. The van der Waals surface area contributed by atoms with E-state index in [1.54, 1.807) is 0 Å². The minimum absolute atomic E-state index is 0.657. The summed E-state index contributed by atoms with van der Waals surface area (Å²) in [4.78, 5) is 5.06. The fourth-order valence-electron chi connectivity index (χ4n) is 2.21. The summed E-state index contributed by atoms with van der Waals surface area (Å²) in [5, 5.41) is 0. The second-order valence-corrected chi connectivity index (χ2v) is 3.92. The van der Waals surface area contributed by atoms with Crippen molar-refractivity contribution in [2.75, 3.05) is 26.2 Å². The maximum atomic E-state index is 2.53. The first-order chi connectivity index (χ1) is 6.62. The first-order valence-corrected chi connectivity index (χ1v) is 6.10. The Morgan fingerprint density at radius 1 is 0.643 bits per heavy atom. The smallest absolute Gasteiger partial charge is 0.0220 e. The molecule has 0 aliphatic rings. The van der Waals surface area contributed by atoms with Gasteiger partial charge in [-0.05, 0) is 40.0 Å². The summed E-state index contributed by atoms with van der Waals surface area (Å²) in [6.45, 7) is 18.3. The topological polar surface area (TPSA) is 6.48 Å². The highest BCUT2D eigenvalue weighted by molar-refractivity contribution is 4.78. The third kappa shape index (κ3) is 3.58. The lowest BCUT2D eigenvalue weighted by molar-refractivity contribution is 0.111. The lowest BCUT2D eigenvalue weighted by Crippen LogP contribution is -2.48. The second-order valence-electron chi connectivity index (χ2n) is 3.92. The molecule has 0 saturated heterocycles. The Morgan fingerprint density at radius 3 is 1.00 bits per heavy atom. The molecule has 0 radical (unpaired) electrons. The van der Waals surface area contributed by atoms with Gasteiger partial charge in [0.05, 0.1) is 0 Å². The van der Waals surface area contributed by atoms with Gasteiger partial charge in [0.2, 0.25) is 0 Å². The van der Waals surface area contributed by atoms with E-state index in [1.807, 2.05) is 0 Å². The molecule has 86 valence electrons. The van der Waals surface area contributed by atoms with Crippen molar-refractivity contribution in [1.82, 2.24) is 9.80 Å². The van der Waals surface area contributed by atoms with E-state index >= 15 is 0 Å². The van der Waals surface area contributed by atoms with Crippen LogP contribution in [0.1, 0.15) is 41.5 Å². The first kappa shape index (κ1) is 13.9. The number of hydrogen-bond acceptors (Lipinski definition) is 2. The van der Waals surface area contributed by atoms with Crippen LogP contribution in [-0.4, -0.2) is 48.1 Å². The molecule has 2 atom stereocenters. The second kappa shape index (κ2) is 7.24. The Bertz CT molecular complexity index is 112. The summed E-state index contributed by atoms with van der Waals surface area (Å²) in [5.41, 5.74) is 0. The van der Waals surface area contributed by atoms with E-state index in [4.69, 9.17) is 0 Å². The number of nitrogens with zero attached hydrogens (tertiary/aromatic N) is 2. The van der Waals surface area contributed by atoms with Crippen LogP contribution in [0.15, 0.2) is 0 Å². The van der Waals surface area contributed by atoms with Gasteiger partial charge >= 0.3 is 0 Å². The van der Waals surface area contributed by atoms with Crippen LogP contribution in [-0.2, 0) is 0 Å². The van der Waals surface area contributed by atoms with Crippen LogP contribution in [0, 0.1) is 0 Å². The van der Waals surface area contributed by atoms with E-state index < -0.39 is 0 Å². The normalized spacial score (nSPS) is 16.3. The molecule has 0 aromatic carbocycles. The van der Waals surface area contributed by atoms with Crippen LogP contribution in [0.2, 0.25) is 0 Å². The van der Waals surface area contributed by atoms with Gasteiger partial charge < -0.3 is 0 Å². The van der Waals surface area contributed by atoms with E-state index in [1.165, 1.54) is 0 Å². The zero-order chi connectivity index (χ0) is 11.1. The molecule has 0 aliphatic carbocycles. The largest absolute Gasteiger partial charge is 0.300 e. The van der Waals surface area contributed by atoms with Crippen LogP contribution >= 0.6 is 0 Å². The summed E-state index contributed by atoms with van der Waals surface area (Å²) in [6.07, 6.45) is 0. The van der Waals surface area contributed by atoms with Crippen molar-refractivity contribution in [3.63, 3.8) is 0 Å². The molecule has 0 spiro atoms. The summed E-state index contributed by atoms with van der Waals surface area (Å²) in [7, 11) is 0. The molecule has 2 nitrogen and oxygen atoms in total. The molecule has 0 N–H and O–H groups in total. The predicted octanol–water partition coefficient (Wildman–Crippen LogP) is 2.45. The molecule has 0 aromatic heterocycles. The Morgan fingerprint density at radius 2 is 0.857 bits per heavy atom. The van der Waals surface area contributed by atoms with Crippen molar-refractivity contribution >= 4 is 0 Å². The molecule has 14 heavy (non-hydrogen) atoms. The third-order valence-corrected chi connectivity index (χ3v) is 3.47. The zero-order valence-corrected chi connectivity index (χ0v) is 10.9. The van der Waals surface area contributed by atoms with Crippen molar-refractivity contribution in [2.45, 2.75) is 53.6 Å². The van der Waals surface area contributed by atoms with Gasteiger partial charge in [0.25, 0.3) is 0 Å². The summed E-state index contributed by atoms with van der Waals surface area (Å²) < 4.78 is 0. The van der Waals surface area contributed by atoms with Gasteiger partial charge in [-0.1, -0.05) is 27.7 Å². The molecule has 0 saturated carbocycles. The van der Waals surface area contributed by atoms with Crippen LogP contribution in [0.5, 0.6) is 0 Å². The first-order valence-electron chi connectivity index (χ1n) is 6.10. The van der Waals surface area contributed by atoms with Crippen molar-refractivity contribution in [3.8, 4) is 0 Å². The molecule has 0 amide bonds. The van der Waals surface area contributed by atoms with Crippen molar-refractivity contribution in [2.24, 2.45) is 0 Å². The van der Waals surface area contributed by atoms with Crippen molar-refractivity contribution in [3.05, 3.63) is 0 Å². The SMILES string of the molecule is CCN(CC)C(C)C(C)N(CC)CC. The van der Waals surface area contributed by atoms with Gasteiger partial charge in [-0.15, -0.1) is 0 Å². The fourth-order valence-corrected chi connectivity index (χ4v) is 2.21. The Labute approximate surface area is 90.3 Å². The van der Waals surface area contributed by atoms with E-state index in [-0.39, 0.29) is 0 Å². The van der Waals surface area contributed by atoms with Gasteiger partial charge in [-0.3, -0.25) is 9.80 Å². The van der Waals surface area contributed by atoms with E-state index in [9.17, 15) is 0 Å². The third-order valence-electron chi connectivity index (χ3n) is 3.47. The van der Waals surface area contributed by atoms with Crippen LogP contribution in [0.25, 0.3) is 0 Å². The molecule has 0 aliphatic heterocycles. The minimum atomic E-state index is 0.657. The molecule has 2 unspecified atom stereocenters. The Balaban J connectivity index is 4.26. The molecule has 0 fully saturated rings. The van der Waals surface area contributed by atoms with E-state index in [0.29, 0.717) is 12.1 Å². The number of hydrogen-bond donors (Lipinski definition) is 0. The molecule has 0 rings (SSSR count). The minimum Gasteiger partial charge on any atom is -0.300 e. The lowest BCUT2D eigenvalue weighted by atomic mass is 10.1. The average Bonchev–Trinajstić information content (AvgIpc) is 2.21. The fraction of sp³-hybridized carbons (Fsp3) is 1.00. The molecule has 0 bridgehead atoms. The zero-order valence-electron chi connectivity index (χ0n) is 10.9. The summed E-state index contributed by atoms with van der Waals surface area (Å²) in [6, 6.07) is 1.31. The highest BCUT2D eigenvalue weighted by Gasteiger charge is 2.21. The maximum Gasteiger partial charge on any atom is 0.0220 e. The van der Waals surface area contributed by atoms with Crippen molar-refractivity contribution < 1.29 is 0 Å². The highest BCUT2D eigenvalue weighted by atomic mass is 15.2. The maximum absolute atomic E-state index is 2.53. The van der Waals surface area contributed by atoms with E-state index in [0.717, 1.165) is 26.2 Å². The van der Waals surface area contributed by atoms with E-state index in [2.05, 4.69) is 51.3 Å². The summed E-state index contributed by atoms with van der Waals surface area (Å²) >= 11 is 0. The van der Waals surface area contributed by atoms with Crippen LogP contribution in [0.4, 0.5) is 0 Å². The molecular weight excluding hydrogens is 172 g/mol. The lowest BCUT2D eigenvalue weighted by Gasteiger charge is -2.37.